The minimum Gasteiger partial charge on any atom is -0.486 e. The van der Waals surface area contributed by atoms with Gasteiger partial charge in [0.25, 0.3) is 0 Å². The smallest absolute Gasteiger partial charge is 0.234 e. The molecule has 9 heteroatoms. The maximum atomic E-state index is 13.2. The van der Waals surface area contributed by atoms with Crippen LogP contribution in [0.15, 0.2) is 35.5 Å². The number of aromatic amines is 1. The summed E-state index contributed by atoms with van der Waals surface area (Å²) in [5.41, 5.74) is 1.27. The number of benzene rings is 2. The Kier molecular flexibility index (Phi) is 4.37. The van der Waals surface area contributed by atoms with Crippen LogP contribution in [0.3, 0.4) is 0 Å². The Morgan fingerprint density at radius 3 is 2.77 bits per heavy atom. The van der Waals surface area contributed by atoms with Gasteiger partial charge in [-0.15, -0.1) is 0 Å². The van der Waals surface area contributed by atoms with E-state index in [2.05, 4.69) is 15.3 Å². The molecule has 1 aliphatic rings. The second-order valence-corrected chi connectivity index (χ2v) is 6.48. The highest BCUT2D eigenvalue weighted by molar-refractivity contribution is 7.99. The molecule has 4 rings (SSSR count). The number of hydrogen-bond donors (Lipinski definition) is 2. The van der Waals surface area contributed by atoms with Gasteiger partial charge in [0.15, 0.2) is 28.3 Å². The van der Waals surface area contributed by atoms with Crippen LogP contribution in [0.2, 0.25) is 0 Å². The normalized spacial score (nSPS) is 13.0. The first-order valence-electron chi connectivity index (χ1n) is 7.75. The zero-order chi connectivity index (χ0) is 18.1. The van der Waals surface area contributed by atoms with Gasteiger partial charge < -0.3 is 19.8 Å². The molecule has 26 heavy (non-hydrogen) atoms. The zero-order valence-corrected chi connectivity index (χ0v) is 14.2. The Hall–Kier alpha value is -2.81. The maximum Gasteiger partial charge on any atom is 0.234 e. The summed E-state index contributed by atoms with van der Waals surface area (Å²) in [6.07, 6.45) is 0. The number of anilines is 1. The number of rotatable bonds is 4. The van der Waals surface area contributed by atoms with E-state index in [9.17, 15) is 13.6 Å². The third-order valence-corrected chi connectivity index (χ3v) is 4.54. The predicted molar refractivity (Wildman–Crippen MR) is 92.8 cm³/mol. The molecule has 0 saturated heterocycles. The Balaban J connectivity index is 1.39. The summed E-state index contributed by atoms with van der Waals surface area (Å²) in [6, 6.07) is 7.21. The van der Waals surface area contributed by atoms with Crippen molar-refractivity contribution in [2.75, 3.05) is 24.3 Å². The molecule has 1 amide bonds. The van der Waals surface area contributed by atoms with Crippen LogP contribution in [-0.2, 0) is 4.79 Å². The number of aromatic nitrogens is 2. The molecule has 0 bridgehead atoms. The number of imidazole rings is 1. The van der Waals surface area contributed by atoms with E-state index in [0.29, 0.717) is 46.6 Å². The van der Waals surface area contributed by atoms with E-state index in [4.69, 9.17) is 9.47 Å². The van der Waals surface area contributed by atoms with Crippen molar-refractivity contribution < 1.29 is 23.0 Å². The summed E-state index contributed by atoms with van der Waals surface area (Å²) >= 11 is 1.13. The van der Waals surface area contributed by atoms with Crippen LogP contribution in [0.4, 0.5) is 14.5 Å². The zero-order valence-electron chi connectivity index (χ0n) is 13.3. The molecule has 0 saturated carbocycles. The average Bonchev–Trinajstić information content (AvgIpc) is 3.02. The lowest BCUT2D eigenvalue weighted by Gasteiger charge is -2.18. The number of amides is 1. The van der Waals surface area contributed by atoms with Crippen LogP contribution < -0.4 is 14.8 Å². The van der Waals surface area contributed by atoms with Gasteiger partial charge in [0.2, 0.25) is 5.91 Å². The van der Waals surface area contributed by atoms with Gasteiger partial charge in [0.1, 0.15) is 13.2 Å². The third kappa shape index (κ3) is 3.43. The van der Waals surface area contributed by atoms with Crippen molar-refractivity contribution >= 4 is 34.4 Å². The molecule has 0 fully saturated rings. The van der Waals surface area contributed by atoms with Crippen molar-refractivity contribution in [3.05, 3.63) is 42.0 Å². The molecule has 2 N–H and O–H groups in total. The van der Waals surface area contributed by atoms with Gasteiger partial charge in [-0.05, 0) is 12.1 Å². The van der Waals surface area contributed by atoms with Gasteiger partial charge in [-0.3, -0.25) is 4.79 Å². The van der Waals surface area contributed by atoms with Crippen LogP contribution >= 0.6 is 11.8 Å². The lowest BCUT2D eigenvalue weighted by molar-refractivity contribution is -0.113. The van der Waals surface area contributed by atoms with Crippen molar-refractivity contribution in [1.29, 1.82) is 0 Å². The number of carbonyl (C=O) groups excluding carboxylic acids is 1. The average molecular weight is 377 g/mol. The van der Waals surface area contributed by atoms with Crippen molar-refractivity contribution in [2.45, 2.75) is 5.16 Å². The third-order valence-electron chi connectivity index (χ3n) is 3.67. The fourth-order valence-corrected chi connectivity index (χ4v) is 3.19. The number of H-pyrrole nitrogens is 1. The molecule has 3 aromatic rings. The Bertz CT molecular complexity index is 954. The van der Waals surface area contributed by atoms with Crippen molar-refractivity contribution in [3.8, 4) is 11.5 Å². The number of nitrogens with zero attached hydrogens (tertiary/aromatic N) is 1. The highest BCUT2D eigenvalue weighted by Crippen LogP contribution is 2.32. The van der Waals surface area contributed by atoms with Crippen LogP contribution in [-0.4, -0.2) is 34.8 Å². The summed E-state index contributed by atoms with van der Waals surface area (Å²) < 4.78 is 37.3. The van der Waals surface area contributed by atoms with Crippen LogP contribution in [0, 0.1) is 11.6 Å². The fraction of sp³-hybridized carbons (Fsp3) is 0.176. The largest absolute Gasteiger partial charge is 0.486 e. The Morgan fingerprint density at radius 2 is 1.92 bits per heavy atom. The van der Waals surface area contributed by atoms with Gasteiger partial charge in [-0.1, -0.05) is 11.8 Å². The maximum absolute atomic E-state index is 13.2. The van der Waals surface area contributed by atoms with Crippen LogP contribution in [0.1, 0.15) is 0 Å². The second-order valence-electron chi connectivity index (χ2n) is 5.52. The van der Waals surface area contributed by atoms with Crippen molar-refractivity contribution in [1.82, 2.24) is 9.97 Å². The molecular weight excluding hydrogens is 364 g/mol. The molecule has 0 radical (unpaired) electrons. The van der Waals surface area contributed by atoms with Gasteiger partial charge in [0.05, 0.1) is 16.8 Å². The number of nitrogens with one attached hydrogen (secondary N) is 2. The predicted octanol–water partition coefficient (Wildman–Crippen LogP) is 3.34. The first kappa shape index (κ1) is 16.6. The van der Waals surface area contributed by atoms with E-state index in [1.54, 1.807) is 18.2 Å². The molecule has 2 heterocycles. The number of halogens is 2. The van der Waals surface area contributed by atoms with Gasteiger partial charge in [-0.25, -0.2) is 13.8 Å². The lowest BCUT2D eigenvalue weighted by Crippen LogP contribution is -2.17. The molecule has 2 aromatic carbocycles. The molecule has 0 aliphatic carbocycles. The van der Waals surface area contributed by atoms with E-state index in [-0.39, 0.29) is 11.7 Å². The van der Waals surface area contributed by atoms with Gasteiger partial charge >= 0.3 is 0 Å². The van der Waals surface area contributed by atoms with Gasteiger partial charge in [0, 0.05) is 23.9 Å². The summed E-state index contributed by atoms with van der Waals surface area (Å²) in [4.78, 5) is 19.1. The molecule has 0 atom stereocenters. The molecule has 0 unspecified atom stereocenters. The second kappa shape index (κ2) is 6.83. The standard InChI is InChI=1S/C17H13F2N3O3S/c18-10-6-12-13(7-11(10)19)22-17(21-12)26-8-16(23)20-9-1-2-14-15(5-9)25-4-3-24-14/h1-2,5-7H,3-4,8H2,(H,20,23)(H,21,22). The fourth-order valence-electron chi connectivity index (χ4n) is 2.50. The Morgan fingerprint density at radius 1 is 1.15 bits per heavy atom. The van der Waals surface area contributed by atoms with Gasteiger partial charge in [-0.2, -0.15) is 0 Å². The first-order chi connectivity index (χ1) is 12.6. The van der Waals surface area contributed by atoms with Crippen molar-refractivity contribution in [2.24, 2.45) is 0 Å². The van der Waals surface area contributed by atoms with E-state index >= 15 is 0 Å². The molecule has 134 valence electrons. The van der Waals surface area contributed by atoms with Crippen LogP contribution in [0.5, 0.6) is 11.5 Å². The van der Waals surface area contributed by atoms with E-state index in [0.717, 1.165) is 23.9 Å². The van der Waals surface area contributed by atoms with E-state index in [1.807, 2.05) is 0 Å². The molecule has 6 nitrogen and oxygen atoms in total. The molecule has 0 spiro atoms. The molecule has 1 aromatic heterocycles. The van der Waals surface area contributed by atoms with Crippen molar-refractivity contribution in [3.63, 3.8) is 0 Å². The monoisotopic (exact) mass is 377 g/mol. The molecule has 1 aliphatic heterocycles. The number of carbonyl (C=O) groups is 1. The minimum atomic E-state index is -0.961. The van der Waals surface area contributed by atoms with E-state index < -0.39 is 11.6 Å². The highest BCUT2D eigenvalue weighted by atomic mass is 32.2. The Labute approximate surface area is 150 Å². The SMILES string of the molecule is O=C(CSc1nc2cc(F)c(F)cc2[nH]1)Nc1ccc2c(c1)OCCO2. The number of fused-ring (bicyclic) bond motifs is 2. The summed E-state index contributed by atoms with van der Waals surface area (Å²) in [7, 11) is 0. The summed E-state index contributed by atoms with van der Waals surface area (Å²) in [5.74, 6) is -0.844. The number of thioether (sulfide) groups is 1. The van der Waals surface area contributed by atoms with Crippen LogP contribution in [0.25, 0.3) is 11.0 Å². The first-order valence-corrected chi connectivity index (χ1v) is 8.74. The number of hydrogen-bond acceptors (Lipinski definition) is 5. The minimum absolute atomic E-state index is 0.0826. The van der Waals surface area contributed by atoms with E-state index in [1.165, 1.54) is 0 Å². The molecular formula is C17H13F2N3O3S. The lowest BCUT2D eigenvalue weighted by atomic mass is 10.2. The summed E-state index contributed by atoms with van der Waals surface area (Å²) in [5, 5.41) is 3.16. The quantitative estimate of drug-likeness (QED) is 0.682. The topological polar surface area (TPSA) is 76.2 Å². The summed E-state index contributed by atoms with van der Waals surface area (Å²) in [6.45, 7) is 0.966. The number of ether oxygens (including phenoxy) is 2. The highest BCUT2D eigenvalue weighted by Gasteiger charge is 2.14.